The molecule has 0 heterocycles. The fourth-order valence-electron chi connectivity index (χ4n) is 11.6. The van der Waals surface area contributed by atoms with Gasteiger partial charge in [-0.3, -0.25) is 9.59 Å². The molecule has 0 aromatic heterocycles. The molecule has 9 atom stereocenters. The van der Waals surface area contributed by atoms with Crippen LogP contribution in [0.25, 0.3) is 0 Å². The van der Waals surface area contributed by atoms with E-state index in [4.69, 9.17) is 0 Å². The van der Waals surface area contributed by atoms with Crippen LogP contribution in [-0.2, 0) is 9.59 Å². The van der Waals surface area contributed by atoms with E-state index in [1.807, 2.05) is 13.8 Å². The minimum atomic E-state index is -4.53. The van der Waals surface area contributed by atoms with Crippen LogP contribution in [0.5, 0.6) is 0 Å². The highest BCUT2D eigenvalue weighted by Crippen LogP contribution is 2.76. The number of alkyl halides is 3. The minimum Gasteiger partial charge on any atom is -0.393 e. The number of amides is 1. The van der Waals surface area contributed by atoms with Gasteiger partial charge in [-0.25, -0.2) is 0 Å². The number of halogens is 3. The highest BCUT2D eigenvalue weighted by Gasteiger charge is 2.71. The molecule has 1 amide bonds. The molecule has 0 aromatic rings. The molecule has 4 nitrogen and oxygen atoms in total. The molecule has 0 saturated heterocycles. The third kappa shape index (κ3) is 4.09. The lowest BCUT2D eigenvalue weighted by Crippen LogP contribution is -2.66. The van der Waals surface area contributed by atoms with Crippen molar-refractivity contribution in [1.29, 1.82) is 0 Å². The average Bonchev–Trinajstić information content (AvgIpc) is 3.18. The van der Waals surface area contributed by atoms with Gasteiger partial charge >= 0.3 is 6.18 Å². The predicted octanol–water partition coefficient (Wildman–Crippen LogP) is 7.79. The topological polar surface area (TPSA) is 66.4 Å². The summed E-state index contributed by atoms with van der Waals surface area (Å²) in [6, 6.07) is -1.91. The maximum atomic E-state index is 14.0. The van der Waals surface area contributed by atoms with Crippen LogP contribution in [0.1, 0.15) is 120 Å². The standard InChI is InChI=1S/C34H52F3NO3/c1-9-24(34(35,36)37)38-28(41)33-17-16-31(7)20(27(33)26(19(2)3)21(39)18-33)10-11-23-30(6)14-13-25(40)29(4,5)22(30)12-15-32(23,31)8/h19-20,22-25,40H,9-18H2,1-8H3,(H,38,41)/t20-,22?,23?,24?,25+,30+,31-,32-,33-/m1/s1. The second-order valence-electron chi connectivity index (χ2n) is 16.1. The van der Waals surface area contributed by atoms with Crippen molar-refractivity contribution in [3.8, 4) is 0 Å². The van der Waals surface area contributed by atoms with Crippen molar-refractivity contribution in [1.82, 2.24) is 5.32 Å². The van der Waals surface area contributed by atoms with E-state index in [2.05, 4.69) is 39.9 Å². The van der Waals surface area contributed by atoms with Crippen LogP contribution in [0.15, 0.2) is 11.1 Å². The highest BCUT2D eigenvalue weighted by molar-refractivity contribution is 6.07. The Balaban J connectivity index is 1.58. The molecule has 3 unspecified atom stereocenters. The molecule has 232 valence electrons. The molecular weight excluding hydrogens is 527 g/mol. The van der Waals surface area contributed by atoms with E-state index >= 15 is 0 Å². The number of aliphatic hydroxyl groups is 1. The largest absolute Gasteiger partial charge is 0.408 e. The van der Waals surface area contributed by atoms with Gasteiger partial charge in [0.2, 0.25) is 5.91 Å². The first-order valence-corrected chi connectivity index (χ1v) is 16.1. The van der Waals surface area contributed by atoms with Crippen molar-refractivity contribution in [3.63, 3.8) is 0 Å². The first-order valence-electron chi connectivity index (χ1n) is 16.1. The van der Waals surface area contributed by atoms with Gasteiger partial charge in [-0.1, -0.05) is 55.4 Å². The smallest absolute Gasteiger partial charge is 0.393 e. The zero-order chi connectivity index (χ0) is 30.6. The lowest BCUT2D eigenvalue weighted by molar-refractivity contribution is -0.228. The number of fused-ring (bicyclic) bond motifs is 7. The van der Waals surface area contributed by atoms with Gasteiger partial charge in [0.25, 0.3) is 0 Å². The van der Waals surface area contributed by atoms with Crippen molar-refractivity contribution in [2.75, 3.05) is 0 Å². The van der Waals surface area contributed by atoms with E-state index in [-0.39, 0.29) is 58.2 Å². The van der Waals surface area contributed by atoms with Gasteiger partial charge in [0.1, 0.15) is 6.04 Å². The fourth-order valence-corrected chi connectivity index (χ4v) is 11.6. The van der Waals surface area contributed by atoms with Crippen molar-refractivity contribution in [3.05, 3.63) is 11.1 Å². The Morgan fingerprint density at radius 2 is 1.61 bits per heavy atom. The van der Waals surface area contributed by atoms with Crippen LogP contribution in [0.2, 0.25) is 0 Å². The summed E-state index contributed by atoms with van der Waals surface area (Å²) in [7, 11) is 0. The van der Waals surface area contributed by atoms with Gasteiger partial charge in [-0.2, -0.15) is 13.2 Å². The SMILES string of the molecule is CCC(NC(=O)[C@@]12CC[C@]3(C)[C@H](CCC4[C@@]5(C)CC[C@H](O)C(C)(C)C5CC[C@]43C)C1=C(C(C)C)C(=O)C2)C(F)(F)F. The number of hydrogen-bond donors (Lipinski definition) is 2. The highest BCUT2D eigenvalue weighted by atomic mass is 19.4. The lowest BCUT2D eigenvalue weighted by Gasteiger charge is -2.72. The number of ketones is 1. The van der Waals surface area contributed by atoms with Gasteiger partial charge < -0.3 is 10.4 Å². The van der Waals surface area contributed by atoms with Gasteiger partial charge in [0.15, 0.2) is 5.78 Å². The minimum absolute atomic E-state index is 0.000374. The molecule has 4 fully saturated rings. The molecule has 4 saturated carbocycles. The Kier molecular flexibility index (Phi) is 7.25. The molecule has 5 rings (SSSR count). The number of carbonyl (C=O) groups excluding carboxylic acids is 2. The van der Waals surface area contributed by atoms with E-state index in [1.165, 1.54) is 6.92 Å². The van der Waals surface area contributed by atoms with E-state index in [1.54, 1.807) is 0 Å². The number of hydrogen-bond acceptors (Lipinski definition) is 3. The maximum Gasteiger partial charge on any atom is 0.408 e. The summed E-state index contributed by atoms with van der Waals surface area (Å²) < 4.78 is 41.3. The summed E-state index contributed by atoms with van der Waals surface area (Å²) in [6.45, 7) is 17.1. The quantitative estimate of drug-likeness (QED) is 0.357. The molecule has 2 N–H and O–H groups in total. The number of allylic oxidation sites excluding steroid dienone is 1. The fraction of sp³-hybridized carbons (Fsp3) is 0.882. The number of nitrogens with one attached hydrogen (secondary N) is 1. The molecule has 0 aromatic carbocycles. The maximum absolute atomic E-state index is 14.0. The van der Waals surface area contributed by atoms with E-state index in [9.17, 15) is 27.9 Å². The Morgan fingerprint density at radius 3 is 2.20 bits per heavy atom. The zero-order valence-electron chi connectivity index (χ0n) is 26.4. The van der Waals surface area contributed by atoms with Crippen molar-refractivity contribution >= 4 is 11.7 Å². The molecule has 0 aliphatic heterocycles. The molecule has 5 aliphatic rings. The van der Waals surface area contributed by atoms with Gasteiger partial charge in [-0.05, 0) is 114 Å². The first-order chi connectivity index (χ1) is 18.8. The molecule has 0 bridgehead atoms. The summed E-state index contributed by atoms with van der Waals surface area (Å²) >= 11 is 0. The Morgan fingerprint density at radius 1 is 0.951 bits per heavy atom. The van der Waals surface area contributed by atoms with E-state index < -0.39 is 23.5 Å². The van der Waals surface area contributed by atoms with Crippen LogP contribution in [0, 0.1) is 50.7 Å². The van der Waals surface area contributed by atoms with Crippen LogP contribution >= 0.6 is 0 Å². The van der Waals surface area contributed by atoms with Crippen LogP contribution < -0.4 is 5.32 Å². The monoisotopic (exact) mass is 579 g/mol. The molecule has 41 heavy (non-hydrogen) atoms. The van der Waals surface area contributed by atoms with Crippen molar-refractivity contribution < 1.29 is 27.9 Å². The van der Waals surface area contributed by atoms with Gasteiger partial charge in [-0.15, -0.1) is 0 Å². The van der Waals surface area contributed by atoms with Crippen molar-refractivity contribution in [2.24, 2.45) is 50.7 Å². The van der Waals surface area contributed by atoms with Crippen LogP contribution in [-0.4, -0.2) is 35.1 Å². The Hall–Kier alpha value is -1.37. The van der Waals surface area contributed by atoms with Crippen molar-refractivity contribution in [2.45, 2.75) is 138 Å². The number of carbonyl (C=O) groups is 2. The lowest BCUT2D eigenvalue weighted by atomic mass is 9.33. The van der Waals surface area contributed by atoms with Gasteiger partial charge in [0, 0.05) is 6.42 Å². The normalized spacial score (nSPS) is 44.6. The number of rotatable bonds is 4. The summed E-state index contributed by atoms with van der Waals surface area (Å²) in [5, 5.41) is 13.3. The van der Waals surface area contributed by atoms with E-state index in [0.717, 1.165) is 50.5 Å². The van der Waals surface area contributed by atoms with Crippen LogP contribution in [0.3, 0.4) is 0 Å². The third-order valence-corrected chi connectivity index (χ3v) is 14.0. The third-order valence-electron chi connectivity index (χ3n) is 14.0. The molecule has 7 heteroatoms. The summed E-state index contributed by atoms with van der Waals surface area (Å²) in [5.74, 6) is 0.142. The predicted molar refractivity (Wildman–Crippen MR) is 154 cm³/mol. The Bertz CT molecular complexity index is 1140. The second kappa shape index (κ2) is 9.56. The number of Topliss-reactive ketones (excluding diaryl/α,β-unsaturated/α-hetero) is 1. The Labute approximate surface area is 244 Å². The van der Waals surface area contributed by atoms with Gasteiger partial charge in [0.05, 0.1) is 11.5 Å². The zero-order valence-corrected chi connectivity index (χ0v) is 26.4. The van der Waals surface area contributed by atoms with Crippen LogP contribution in [0.4, 0.5) is 13.2 Å². The molecule has 0 radical (unpaired) electrons. The average molecular weight is 580 g/mol. The summed E-state index contributed by atoms with van der Waals surface area (Å²) in [4.78, 5) is 27.6. The second-order valence-corrected chi connectivity index (χ2v) is 16.1. The van der Waals surface area contributed by atoms with E-state index in [0.29, 0.717) is 23.8 Å². The molecule has 5 aliphatic carbocycles. The molecular formula is C34H52F3NO3. The first kappa shape index (κ1) is 31.1. The summed E-state index contributed by atoms with van der Waals surface area (Å²) in [6.07, 6.45) is 1.81. The summed E-state index contributed by atoms with van der Waals surface area (Å²) in [5.41, 5.74) is 0.166. The number of aliphatic hydroxyl groups excluding tert-OH is 1. The molecule has 0 spiro atoms.